The number of H-pyrrole nitrogens is 1. The molecule has 0 bridgehead atoms. The number of aromatic amines is 1. The minimum absolute atomic E-state index is 0.0520. The number of carbonyl (C=O) groups is 1. The van der Waals surface area contributed by atoms with Gasteiger partial charge >= 0.3 is 0 Å². The fourth-order valence-corrected chi connectivity index (χ4v) is 3.90. The lowest BCUT2D eigenvalue weighted by molar-refractivity contribution is 0.0764. The number of amides is 1. The van der Waals surface area contributed by atoms with E-state index < -0.39 is 5.82 Å². The Morgan fingerprint density at radius 2 is 1.82 bits per heavy atom. The molecule has 7 nitrogen and oxygen atoms in total. The summed E-state index contributed by atoms with van der Waals surface area (Å²) in [6, 6.07) is 19.9. The molecule has 0 spiro atoms. The number of hydrogen-bond donors (Lipinski definition) is 1. The lowest BCUT2D eigenvalue weighted by Crippen LogP contribution is -2.23. The largest absolute Gasteiger partial charge is 0.452 e. The molecule has 1 N–H and O–H groups in total. The van der Waals surface area contributed by atoms with Gasteiger partial charge in [0.1, 0.15) is 11.8 Å². The van der Waals surface area contributed by atoms with E-state index in [4.69, 9.17) is 4.74 Å². The molecule has 5 rings (SSSR count). The monoisotopic (exact) mass is 440 g/mol. The first-order valence-corrected chi connectivity index (χ1v) is 10.2. The molecule has 1 aromatic heterocycles. The molecule has 8 heteroatoms. The second-order valence-electron chi connectivity index (χ2n) is 7.58. The maximum absolute atomic E-state index is 14.3. The highest BCUT2D eigenvalue weighted by atomic mass is 19.1. The molecule has 2 heterocycles. The average Bonchev–Trinajstić information content (AvgIpc) is 3.39. The zero-order valence-electron chi connectivity index (χ0n) is 17.3. The molecule has 33 heavy (non-hydrogen) atoms. The summed E-state index contributed by atoms with van der Waals surface area (Å²) < 4.78 is 21.5. The Morgan fingerprint density at radius 3 is 2.55 bits per heavy atom. The van der Waals surface area contributed by atoms with Gasteiger partial charge in [0.25, 0.3) is 11.5 Å². The van der Waals surface area contributed by atoms with Crippen molar-refractivity contribution in [1.29, 1.82) is 5.26 Å². The fourth-order valence-electron chi connectivity index (χ4n) is 3.90. The smallest absolute Gasteiger partial charge is 0.271 e. The maximum Gasteiger partial charge on any atom is 0.271 e. The summed E-state index contributed by atoms with van der Waals surface area (Å²) in [5.74, 6) is -0.895. The van der Waals surface area contributed by atoms with Crippen LogP contribution in [0.15, 0.2) is 77.7 Å². The number of nitrogens with zero attached hydrogens (tertiary/aromatic N) is 3. The fraction of sp³-hybridized carbons (Fsp3) is 0.0800. The van der Waals surface area contributed by atoms with E-state index in [1.165, 1.54) is 28.9 Å². The zero-order chi connectivity index (χ0) is 22.9. The van der Waals surface area contributed by atoms with E-state index in [2.05, 4.69) is 5.10 Å². The van der Waals surface area contributed by atoms with E-state index in [0.717, 1.165) is 11.1 Å². The molecule has 4 aromatic rings. The molecule has 1 aliphatic heterocycles. The van der Waals surface area contributed by atoms with Crippen LogP contribution in [-0.4, -0.2) is 20.6 Å². The van der Waals surface area contributed by atoms with E-state index >= 15 is 0 Å². The molecule has 0 radical (unpaired) electrons. The SMILES string of the molecule is N#Cc1cccc(F)c1Oc1cccc2c1C(=O)N(Cc1ccc(-n3[nH]ccc3=O)cc1)C2. The average molecular weight is 440 g/mol. The topological polar surface area (TPSA) is 91.1 Å². The Balaban J connectivity index is 1.39. The van der Waals surface area contributed by atoms with Crippen LogP contribution in [0.25, 0.3) is 5.69 Å². The van der Waals surface area contributed by atoms with Crippen molar-refractivity contribution in [2.45, 2.75) is 13.1 Å². The van der Waals surface area contributed by atoms with Gasteiger partial charge in [0, 0.05) is 25.4 Å². The molecule has 0 saturated carbocycles. The van der Waals surface area contributed by atoms with E-state index in [-0.39, 0.29) is 28.5 Å². The van der Waals surface area contributed by atoms with Gasteiger partial charge in [-0.1, -0.05) is 30.3 Å². The summed E-state index contributed by atoms with van der Waals surface area (Å²) in [5, 5.41) is 12.1. The number of benzene rings is 3. The summed E-state index contributed by atoms with van der Waals surface area (Å²) >= 11 is 0. The van der Waals surface area contributed by atoms with Crippen LogP contribution in [-0.2, 0) is 13.1 Å². The summed E-state index contributed by atoms with van der Waals surface area (Å²) in [4.78, 5) is 26.7. The standard InChI is InChI=1S/C25H17FN4O3/c26-20-5-1-3-17(13-27)24(20)33-21-6-2-4-18-15-29(25(32)23(18)21)14-16-7-9-19(10-8-16)30-22(31)11-12-28-30/h1-12,28H,14-15H2. The summed E-state index contributed by atoms with van der Waals surface area (Å²) in [7, 11) is 0. The van der Waals surface area contributed by atoms with Crippen molar-refractivity contribution in [3.05, 3.63) is 111 Å². The first-order chi connectivity index (χ1) is 16.0. The van der Waals surface area contributed by atoms with E-state index in [1.807, 2.05) is 24.3 Å². The quantitative estimate of drug-likeness (QED) is 0.505. The summed E-state index contributed by atoms with van der Waals surface area (Å²) in [6.07, 6.45) is 1.57. The molecule has 1 aliphatic rings. The maximum atomic E-state index is 14.3. The number of ether oxygens (including phenoxy) is 1. The van der Waals surface area contributed by atoms with Gasteiger partial charge < -0.3 is 9.64 Å². The van der Waals surface area contributed by atoms with Crippen molar-refractivity contribution < 1.29 is 13.9 Å². The predicted octanol–water partition coefficient (Wildman–Crippen LogP) is 4.12. The van der Waals surface area contributed by atoms with Crippen molar-refractivity contribution in [2.24, 2.45) is 0 Å². The van der Waals surface area contributed by atoms with Gasteiger partial charge in [0.15, 0.2) is 11.6 Å². The Kier molecular flexibility index (Phi) is 4.99. The van der Waals surface area contributed by atoms with Crippen LogP contribution in [0.5, 0.6) is 11.5 Å². The summed E-state index contributed by atoms with van der Waals surface area (Å²) in [5.41, 5.74) is 2.61. The Labute approximate surface area is 187 Å². The van der Waals surface area contributed by atoms with Gasteiger partial charge in [-0.2, -0.15) is 5.26 Å². The molecular weight excluding hydrogens is 423 g/mol. The number of hydrogen-bond acceptors (Lipinski definition) is 4. The van der Waals surface area contributed by atoms with Crippen molar-refractivity contribution >= 4 is 5.91 Å². The molecule has 1 amide bonds. The highest BCUT2D eigenvalue weighted by molar-refractivity contribution is 6.01. The summed E-state index contributed by atoms with van der Waals surface area (Å²) in [6.45, 7) is 0.738. The molecule has 0 saturated heterocycles. The minimum Gasteiger partial charge on any atom is -0.452 e. The van der Waals surface area contributed by atoms with E-state index in [0.29, 0.717) is 24.3 Å². The van der Waals surface area contributed by atoms with Gasteiger partial charge in [-0.15, -0.1) is 0 Å². The van der Waals surface area contributed by atoms with Crippen molar-refractivity contribution in [3.63, 3.8) is 0 Å². The lowest BCUT2D eigenvalue weighted by atomic mass is 10.1. The first-order valence-electron chi connectivity index (χ1n) is 10.2. The van der Waals surface area contributed by atoms with Crippen LogP contribution in [0.4, 0.5) is 4.39 Å². The van der Waals surface area contributed by atoms with Gasteiger partial charge in [-0.25, -0.2) is 9.07 Å². The second kappa shape index (κ2) is 8.13. The van der Waals surface area contributed by atoms with Crippen LogP contribution >= 0.6 is 0 Å². The molecule has 0 aliphatic carbocycles. The van der Waals surface area contributed by atoms with E-state index in [9.17, 15) is 19.2 Å². The number of rotatable bonds is 5. The van der Waals surface area contributed by atoms with Gasteiger partial charge in [0.05, 0.1) is 16.8 Å². The Morgan fingerprint density at radius 1 is 1.03 bits per heavy atom. The number of aromatic nitrogens is 2. The van der Waals surface area contributed by atoms with Crippen molar-refractivity contribution in [1.82, 2.24) is 14.7 Å². The molecular formula is C25H17FN4O3. The lowest BCUT2D eigenvalue weighted by Gasteiger charge is -2.16. The number of carbonyl (C=O) groups excluding carboxylic acids is 1. The van der Waals surface area contributed by atoms with Crippen LogP contribution in [0.1, 0.15) is 27.0 Å². The predicted molar refractivity (Wildman–Crippen MR) is 118 cm³/mol. The number of halogens is 1. The molecule has 162 valence electrons. The van der Waals surface area contributed by atoms with Crippen molar-refractivity contribution in [3.8, 4) is 23.3 Å². The number of fused-ring (bicyclic) bond motifs is 1. The minimum atomic E-state index is -0.671. The van der Waals surface area contributed by atoms with Crippen LogP contribution in [0.3, 0.4) is 0 Å². The number of nitriles is 1. The van der Waals surface area contributed by atoms with Gasteiger partial charge in [-0.05, 0) is 41.5 Å². The number of para-hydroxylation sites is 1. The second-order valence-corrected chi connectivity index (χ2v) is 7.58. The molecule has 0 atom stereocenters. The van der Waals surface area contributed by atoms with Crippen molar-refractivity contribution in [2.75, 3.05) is 0 Å². The third-order valence-corrected chi connectivity index (χ3v) is 5.49. The highest BCUT2D eigenvalue weighted by Gasteiger charge is 2.31. The highest BCUT2D eigenvalue weighted by Crippen LogP contribution is 2.36. The molecule has 3 aromatic carbocycles. The van der Waals surface area contributed by atoms with Crippen LogP contribution < -0.4 is 10.3 Å². The number of nitrogens with one attached hydrogen (secondary N) is 1. The third kappa shape index (κ3) is 3.66. The van der Waals surface area contributed by atoms with Gasteiger partial charge in [-0.3, -0.25) is 14.7 Å². The Hall–Kier alpha value is -4.64. The van der Waals surface area contributed by atoms with Crippen LogP contribution in [0.2, 0.25) is 0 Å². The molecule has 0 fully saturated rings. The Bertz CT molecular complexity index is 1460. The van der Waals surface area contributed by atoms with Gasteiger partial charge in [0.2, 0.25) is 0 Å². The molecule has 0 unspecified atom stereocenters. The zero-order valence-corrected chi connectivity index (χ0v) is 17.3. The first kappa shape index (κ1) is 20.3. The normalized spacial score (nSPS) is 12.5. The van der Waals surface area contributed by atoms with Crippen LogP contribution in [0, 0.1) is 17.1 Å². The third-order valence-electron chi connectivity index (χ3n) is 5.49. The van der Waals surface area contributed by atoms with E-state index in [1.54, 1.807) is 35.4 Å².